The summed E-state index contributed by atoms with van der Waals surface area (Å²) >= 11 is 0. The molecule has 130 valence electrons. The van der Waals surface area contributed by atoms with Gasteiger partial charge in [-0.2, -0.15) is 0 Å². The van der Waals surface area contributed by atoms with E-state index in [1.54, 1.807) is 48.1 Å². The summed E-state index contributed by atoms with van der Waals surface area (Å²) in [4.78, 5) is 29.6. The fraction of sp³-hybridized carbons (Fsp3) is 0.211. The predicted octanol–water partition coefficient (Wildman–Crippen LogP) is 3.55. The Morgan fingerprint density at radius 1 is 1.04 bits per heavy atom. The van der Waals surface area contributed by atoms with Crippen molar-refractivity contribution in [1.82, 2.24) is 9.38 Å². The molecule has 1 amide bonds. The molecule has 3 aromatic rings. The highest BCUT2D eigenvalue weighted by Gasteiger charge is 2.15. The zero-order valence-electron chi connectivity index (χ0n) is 14.7. The largest absolute Gasteiger partial charge is 0.508 e. The molecule has 0 saturated heterocycles. The Morgan fingerprint density at radius 3 is 2.28 bits per heavy atom. The average molecular weight is 339 g/mol. The van der Waals surface area contributed by atoms with E-state index < -0.39 is 0 Å². The fourth-order valence-electron chi connectivity index (χ4n) is 2.26. The number of hydrogen-bond donors (Lipinski definition) is 1. The van der Waals surface area contributed by atoms with E-state index in [2.05, 4.69) is 4.98 Å². The summed E-state index contributed by atoms with van der Waals surface area (Å²) in [7, 11) is 1.67. The van der Waals surface area contributed by atoms with Crippen LogP contribution in [0.1, 0.15) is 41.6 Å². The molecule has 0 spiro atoms. The molecule has 1 aromatic carbocycles. The lowest BCUT2D eigenvalue weighted by Gasteiger charge is -2.17. The van der Waals surface area contributed by atoms with Crippen LogP contribution in [-0.4, -0.2) is 33.2 Å². The summed E-state index contributed by atoms with van der Waals surface area (Å²) in [5.41, 5.74) is 2.17. The third-order valence-electron chi connectivity index (χ3n) is 3.60. The Morgan fingerprint density at radius 2 is 1.68 bits per heavy atom. The number of ketones is 1. The third kappa shape index (κ3) is 3.85. The second-order valence-electron chi connectivity index (χ2n) is 5.25. The number of phenols is 1. The standard InChI is InChI=1S/C17H15N3O3.C2H6/c1-11(21)15-10-20-9-13(5-8-16(20)18-15)19(2)17(23)12-3-6-14(22)7-4-12;1-2/h3-10,22H,1-2H3;1-2H3. The number of benzene rings is 1. The van der Waals surface area contributed by atoms with Gasteiger partial charge in [-0.15, -0.1) is 0 Å². The van der Waals surface area contributed by atoms with E-state index in [1.807, 2.05) is 13.8 Å². The maximum Gasteiger partial charge on any atom is 0.258 e. The van der Waals surface area contributed by atoms with Crippen LogP contribution in [0.3, 0.4) is 0 Å². The van der Waals surface area contributed by atoms with Crippen molar-refractivity contribution >= 4 is 23.0 Å². The van der Waals surface area contributed by atoms with Gasteiger partial charge in [-0.25, -0.2) is 4.98 Å². The smallest absolute Gasteiger partial charge is 0.258 e. The van der Waals surface area contributed by atoms with Crippen molar-refractivity contribution in [3.8, 4) is 5.75 Å². The summed E-state index contributed by atoms with van der Waals surface area (Å²) in [6, 6.07) is 9.60. The molecule has 1 N–H and O–H groups in total. The third-order valence-corrected chi connectivity index (χ3v) is 3.60. The van der Waals surface area contributed by atoms with Crippen molar-refractivity contribution in [2.45, 2.75) is 20.8 Å². The minimum atomic E-state index is -0.198. The van der Waals surface area contributed by atoms with Crippen LogP contribution in [0.2, 0.25) is 0 Å². The molecule has 0 bridgehead atoms. The Balaban J connectivity index is 0.00000109. The molecule has 0 unspecified atom stereocenters. The fourth-order valence-corrected chi connectivity index (χ4v) is 2.26. The summed E-state index contributed by atoms with van der Waals surface area (Å²) in [5, 5.41) is 9.30. The molecule has 0 radical (unpaired) electrons. The summed E-state index contributed by atoms with van der Waals surface area (Å²) < 4.78 is 1.71. The van der Waals surface area contributed by atoms with Gasteiger partial charge in [-0.1, -0.05) is 13.8 Å². The maximum atomic E-state index is 12.5. The van der Waals surface area contributed by atoms with Crippen LogP contribution in [0.4, 0.5) is 5.69 Å². The topological polar surface area (TPSA) is 74.9 Å². The molecule has 3 rings (SSSR count). The predicted molar refractivity (Wildman–Crippen MR) is 97.4 cm³/mol. The number of hydrogen-bond acceptors (Lipinski definition) is 4. The van der Waals surface area contributed by atoms with Crippen molar-refractivity contribution < 1.29 is 14.7 Å². The van der Waals surface area contributed by atoms with Crippen LogP contribution < -0.4 is 4.90 Å². The number of pyridine rings is 1. The minimum Gasteiger partial charge on any atom is -0.508 e. The number of nitrogens with zero attached hydrogens (tertiary/aromatic N) is 3. The Kier molecular flexibility index (Phi) is 5.54. The highest BCUT2D eigenvalue weighted by Crippen LogP contribution is 2.19. The lowest BCUT2D eigenvalue weighted by molar-refractivity contribution is 0.0989. The van der Waals surface area contributed by atoms with Crippen LogP contribution in [0, 0.1) is 0 Å². The van der Waals surface area contributed by atoms with Crippen LogP contribution in [0.5, 0.6) is 5.75 Å². The van der Waals surface area contributed by atoms with Crippen LogP contribution >= 0.6 is 0 Å². The lowest BCUT2D eigenvalue weighted by atomic mass is 10.2. The maximum absolute atomic E-state index is 12.5. The number of carbonyl (C=O) groups is 2. The molecule has 0 aliphatic heterocycles. The Labute approximate surface area is 146 Å². The normalized spacial score (nSPS) is 10.1. The van der Waals surface area contributed by atoms with Gasteiger partial charge in [0, 0.05) is 31.9 Å². The zero-order chi connectivity index (χ0) is 18.6. The number of amides is 1. The monoisotopic (exact) mass is 339 g/mol. The highest BCUT2D eigenvalue weighted by molar-refractivity contribution is 6.05. The van der Waals surface area contributed by atoms with Crippen molar-refractivity contribution in [2.24, 2.45) is 0 Å². The first-order valence-corrected chi connectivity index (χ1v) is 8.02. The molecule has 0 saturated carbocycles. The average Bonchev–Trinajstić information content (AvgIpc) is 3.06. The molecule has 0 atom stereocenters. The first-order valence-electron chi connectivity index (χ1n) is 8.02. The number of anilines is 1. The van der Waals surface area contributed by atoms with Crippen LogP contribution in [-0.2, 0) is 0 Å². The van der Waals surface area contributed by atoms with Gasteiger partial charge in [-0.05, 0) is 36.4 Å². The van der Waals surface area contributed by atoms with Gasteiger partial charge in [-0.3, -0.25) is 9.59 Å². The molecule has 2 aromatic heterocycles. The number of aromatic hydroxyl groups is 1. The molecule has 0 aliphatic rings. The quantitative estimate of drug-likeness (QED) is 0.741. The van der Waals surface area contributed by atoms with E-state index in [9.17, 15) is 14.7 Å². The first kappa shape index (κ1) is 18.2. The second-order valence-corrected chi connectivity index (χ2v) is 5.25. The van der Waals surface area contributed by atoms with Crippen molar-refractivity contribution in [1.29, 1.82) is 0 Å². The molecule has 25 heavy (non-hydrogen) atoms. The molecule has 6 nitrogen and oxygen atoms in total. The van der Waals surface area contributed by atoms with E-state index in [0.717, 1.165) is 0 Å². The summed E-state index contributed by atoms with van der Waals surface area (Å²) in [6.07, 6.45) is 3.38. The zero-order valence-corrected chi connectivity index (χ0v) is 14.7. The number of aromatic nitrogens is 2. The van der Waals surface area contributed by atoms with E-state index >= 15 is 0 Å². The van der Waals surface area contributed by atoms with E-state index in [4.69, 9.17) is 0 Å². The number of imidazole rings is 1. The summed E-state index contributed by atoms with van der Waals surface area (Å²) in [5.74, 6) is -0.194. The highest BCUT2D eigenvalue weighted by atomic mass is 16.3. The van der Waals surface area contributed by atoms with Gasteiger partial charge >= 0.3 is 0 Å². The molecule has 2 heterocycles. The Bertz CT molecular complexity index is 898. The Hall–Kier alpha value is -3.15. The molecule has 0 fully saturated rings. The van der Waals surface area contributed by atoms with Gasteiger partial charge in [0.15, 0.2) is 5.78 Å². The molecular weight excluding hydrogens is 318 g/mol. The van der Waals surface area contributed by atoms with Crippen molar-refractivity contribution in [3.05, 3.63) is 60.0 Å². The van der Waals surface area contributed by atoms with Gasteiger partial charge in [0.05, 0.1) is 5.69 Å². The van der Waals surface area contributed by atoms with E-state index in [0.29, 0.717) is 22.6 Å². The first-order chi connectivity index (χ1) is 12.0. The van der Waals surface area contributed by atoms with Crippen LogP contribution in [0.25, 0.3) is 5.65 Å². The van der Waals surface area contributed by atoms with Gasteiger partial charge in [0.2, 0.25) is 0 Å². The lowest BCUT2D eigenvalue weighted by Crippen LogP contribution is -2.26. The van der Waals surface area contributed by atoms with Crippen molar-refractivity contribution in [3.63, 3.8) is 0 Å². The summed E-state index contributed by atoms with van der Waals surface area (Å²) in [6.45, 7) is 5.46. The number of carbonyl (C=O) groups excluding carboxylic acids is 2. The number of fused-ring (bicyclic) bond motifs is 1. The number of Topliss-reactive ketones (excluding diaryl/α,β-unsaturated/α-hetero) is 1. The minimum absolute atomic E-state index is 0.108. The van der Waals surface area contributed by atoms with Gasteiger partial charge < -0.3 is 14.4 Å². The molecular formula is C19H21N3O3. The van der Waals surface area contributed by atoms with Crippen LogP contribution in [0.15, 0.2) is 48.8 Å². The van der Waals surface area contributed by atoms with E-state index in [1.165, 1.54) is 24.0 Å². The van der Waals surface area contributed by atoms with Gasteiger partial charge in [0.1, 0.15) is 17.1 Å². The van der Waals surface area contributed by atoms with E-state index in [-0.39, 0.29) is 17.4 Å². The number of rotatable bonds is 3. The molecule has 6 heteroatoms. The van der Waals surface area contributed by atoms with Crippen molar-refractivity contribution in [2.75, 3.05) is 11.9 Å². The second kappa shape index (κ2) is 7.61. The van der Waals surface area contributed by atoms with Gasteiger partial charge in [0.25, 0.3) is 5.91 Å². The SMILES string of the molecule is CC.CC(=O)c1cn2cc(N(C)C(=O)c3ccc(O)cc3)ccc2n1. The molecule has 0 aliphatic carbocycles. The number of phenolic OH excluding ortho intramolecular Hbond substituents is 1.